The summed E-state index contributed by atoms with van der Waals surface area (Å²) < 4.78 is 0. The average Bonchev–Trinajstić information content (AvgIpc) is 2.52. The van der Waals surface area contributed by atoms with Crippen molar-refractivity contribution in [3.63, 3.8) is 0 Å². The molecule has 0 amide bonds. The summed E-state index contributed by atoms with van der Waals surface area (Å²) in [6, 6.07) is 1.20. The molecule has 70 valence electrons. The van der Waals surface area contributed by atoms with Crippen LogP contribution in [0.2, 0.25) is 0 Å². The molecule has 12 heavy (non-hydrogen) atoms. The molecule has 2 heteroatoms. The van der Waals surface area contributed by atoms with Crippen LogP contribution < -0.4 is 5.32 Å². The van der Waals surface area contributed by atoms with E-state index in [-0.39, 0.29) is 0 Å². The van der Waals surface area contributed by atoms with E-state index in [2.05, 4.69) is 25.1 Å². The Morgan fingerprint density at radius 3 is 2.83 bits per heavy atom. The summed E-state index contributed by atoms with van der Waals surface area (Å²) in [7, 11) is 0. The fourth-order valence-corrected chi connectivity index (χ4v) is 2.54. The minimum absolute atomic E-state index is 0.468. The predicted octanol–water partition coefficient (Wildman–Crippen LogP) is 2.43. The van der Waals surface area contributed by atoms with E-state index in [0.29, 0.717) is 6.04 Å². The highest BCUT2D eigenvalue weighted by Crippen LogP contribution is 2.28. The quantitative estimate of drug-likeness (QED) is 0.675. The number of hydrogen-bond donors (Lipinski definition) is 1. The topological polar surface area (TPSA) is 12.0 Å². The van der Waals surface area contributed by atoms with E-state index in [9.17, 15) is 0 Å². The van der Waals surface area contributed by atoms with Gasteiger partial charge in [0.15, 0.2) is 0 Å². The summed E-state index contributed by atoms with van der Waals surface area (Å²) in [5.41, 5.74) is 0. The van der Waals surface area contributed by atoms with Crippen LogP contribution in [0.3, 0.4) is 0 Å². The Hall–Kier alpha value is 0.0500. The summed E-state index contributed by atoms with van der Waals surface area (Å²) in [6.07, 6.45) is 8.24. The number of hydrogen-bond acceptors (Lipinski definition) is 2. The molecular formula is C10H19NS. The van der Waals surface area contributed by atoms with Crippen molar-refractivity contribution in [2.75, 3.05) is 6.26 Å². The van der Waals surface area contributed by atoms with Gasteiger partial charge in [-0.3, -0.25) is 0 Å². The predicted molar refractivity (Wildman–Crippen MR) is 57.7 cm³/mol. The van der Waals surface area contributed by atoms with Crippen molar-refractivity contribution >= 4 is 11.8 Å². The minimum atomic E-state index is 0.468. The molecule has 1 rings (SSSR count). The molecule has 1 fully saturated rings. The van der Waals surface area contributed by atoms with Crippen molar-refractivity contribution in [1.82, 2.24) is 5.32 Å². The lowest BCUT2D eigenvalue weighted by atomic mass is 10.2. The third-order valence-electron chi connectivity index (χ3n) is 2.57. The van der Waals surface area contributed by atoms with Gasteiger partial charge in [0.2, 0.25) is 0 Å². The second kappa shape index (κ2) is 4.93. The van der Waals surface area contributed by atoms with Crippen molar-refractivity contribution < 1.29 is 0 Å². The van der Waals surface area contributed by atoms with Gasteiger partial charge in [-0.05, 0) is 32.4 Å². The van der Waals surface area contributed by atoms with E-state index in [0.717, 1.165) is 11.3 Å². The Morgan fingerprint density at radius 2 is 2.33 bits per heavy atom. The smallest absolute Gasteiger partial charge is 0.0221 e. The molecule has 0 spiro atoms. The van der Waals surface area contributed by atoms with Crippen LogP contribution in [-0.2, 0) is 0 Å². The fraction of sp³-hybridized carbons (Fsp3) is 0.800. The maximum absolute atomic E-state index is 3.77. The molecule has 1 nitrogen and oxygen atoms in total. The van der Waals surface area contributed by atoms with Gasteiger partial charge in [-0.25, -0.2) is 0 Å². The van der Waals surface area contributed by atoms with Crippen LogP contribution in [0, 0.1) is 0 Å². The zero-order chi connectivity index (χ0) is 8.97. The molecule has 1 N–H and O–H groups in total. The van der Waals surface area contributed by atoms with Crippen LogP contribution in [0.1, 0.15) is 26.2 Å². The van der Waals surface area contributed by atoms with Gasteiger partial charge in [0, 0.05) is 17.3 Å². The van der Waals surface area contributed by atoms with Crippen LogP contribution in [0.25, 0.3) is 0 Å². The van der Waals surface area contributed by atoms with Gasteiger partial charge in [-0.15, -0.1) is 6.58 Å². The van der Waals surface area contributed by atoms with Gasteiger partial charge in [-0.2, -0.15) is 11.8 Å². The van der Waals surface area contributed by atoms with E-state index in [4.69, 9.17) is 0 Å². The summed E-state index contributed by atoms with van der Waals surface area (Å²) in [6.45, 7) is 5.94. The molecule has 0 aromatic carbocycles. The van der Waals surface area contributed by atoms with Gasteiger partial charge in [0.05, 0.1) is 0 Å². The van der Waals surface area contributed by atoms with Gasteiger partial charge in [0.25, 0.3) is 0 Å². The summed E-state index contributed by atoms with van der Waals surface area (Å²) >= 11 is 2.01. The second-order valence-corrected chi connectivity index (χ2v) is 4.70. The van der Waals surface area contributed by atoms with Crippen molar-refractivity contribution in [2.24, 2.45) is 0 Å². The van der Waals surface area contributed by atoms with Gasteiger partial charge < -0.3 is 5.32 Å². The lowest BCUT2D eigenvalue weighted by molar-refractivity contribution is 0.496. The van der Waals surface area contributed by atoms with E-state index >= 15 is 0 Å². The Labute approximate surface area is 80.0 Å². The molecule has 0 aromatic rings. The highest BCUT2D eigenvalue weighted by molar-refractivity contribution is 7.99. The van der Waals surface area contributed by atoms with Crippen LogP contribution in [-0.4, -0.2) is 23.6 Å². The molecule has 1 saturated carbocycles. The Morgan fingerprint density at radius 1 is 1.58 bits per heavy atom. The Kier molecular flexibility index (Phi) is 4.16. The Balaban J connectivity index is 2.23. The van der Waals surface area contributed by atoms with Crippen LogP contribution in [0.4, 0.5) is 0 Å². The van der Waals surface area contributed by atoms with Crippen LogP contribution in [0.15, 0.2) is 12.7 Å². The minimum Gasteiger partial charge on any atom is -0.308 e. The van der Waals surface area contributed by atoms with Crippen LogP contribution in [0.5, 0.6) is 0 Å². The molecule has 0 aromatic heterocycles. The normalized spacial score (nSPS) is 31.8. The SMILES string of the molecule is C=CC(C)NC1CCC(SC)C1. The largest absolute Gasteiger partial charge is 0.308 e. The maximum Gasteiger partial charge on any atom is 0.0221 e. The zero-order valence-corrected chi connectivity index (χ0v) is 8.86. The molecule has 0 saturated heterocycles. The van der Waals surface area contributed by atoms with Gasteiger partial charge >= 0.3 is 0 Å². The Bertz CT molecular complexity index is 147. The number of rotatable bonds is 4. The lowest BCUT2D eigenvalue weighted by Crippen LogP contribution is -2.33. The van der Waals surface area contributed by atoms with E-state index in [1.807, 2.05) is 17.8 Å². The molecule has 3 unspecified atom stereocenters. The van der Waals surface area contributed by atoms with Crippen molar-refractivity contribution in [3.8, 4) is 0 Å². The summed E-state index contributed by atoms with van der Waals surface area (Å²) in [4.78, 5) is 0. The first-order valence-corrected chi connectivity index (χ1v) is 5.96. The van der Waals surface area contributed by atoms with Gasteiger partial charge in [0.1, 0.15) is 0 Å². The molecular weight excluding hydrogens is 166 g/mol. The number of thioether (sulfide) groups is 1. The monoisotopic (exact) mass is 185 g/mol. The maximum atomic E-state index is 3.77. The average molecular weight is 185 g/mol. The first-order chi connectivity index (χ1) is 5.76. The highest BCUT2D eigenvalue weighted by Gasteiger charge is 2.23. The summed E-state index contributed by atoms with van der Waals surface area (Å²) in [5.74, 6) is 0. The van der Waals surface area contributed by atoms with E-state index < -0.39 is 0 Å². The molecule has 0 radical (unpaired) electrons. The standard InChI is InChI=1S/C10H19NS/c1-4-8(2)11-9-5-6-10(7-9)12-3/h4,8-11H,1,5-7H2,2-3H3. The molecule has 0 bridgehead atoms. The molecule has 1 aliphatic carbocycles. The van der Waals surface area contributed by atoms with Crippen molar-refractivity contribution in [2.45, 2.75) is 43.5 Å². The van der Waals surface area contributed by atoms with Crippen molar-refractivity contribution in [1.29, 1.82) is 0 Å². The van der Waals surface area contributed by atoms with Crippen molar-refractivity contribution in [3.05, 3.63) is 12.7 Å². The van der Waals surface area contributed by atoms with Gasteiger partial charge in [-0.1, -0.05) is 6.08 Å². The fourth-order valence-electron chi connectivity index (χ4n) is 1.75. The third kappa shape index (κ3) is 2.83. The third-order valence-corrected chi connectivity index (χ3v) is 3.66. The first kappa shape index (κ1) is 10.1. The molecule has 1 aliphatic rings. The van der Waals surface area contributed by atoms with E-state index in [1.165, 1.54) is 19.3 Å². The van der Waals surface area contributed by atoms with E-state index in [1.54, 1.807) is 0 Å². The lowest BCUT2D eigenvalue weighted by Gasteiger charge is -2.16. The van der Waals surface area contributed by atoms with Crippen LogP contribution >= 0.6 is 11.8 Å². The number of nitrogens with one attached hydrogen (secondary N) is 1. The first-order valence-electron chi connectivity index (χ1n) is 4.67. The summed E-state index contributed by atoms with van der Waals surface area (Å²) in [5, 5.41) is 4.45. The highest BCUT2D eigenvalue weighted by atomic mass is 32.2. The molecule has 0 aliphatic heterocycles. The molecule has 3 atom stereocenters. The second-order valence-electron chi connectivity index (χ2n) is 3.56. The molecule has 0 heterocycles. The zero-order valence-electron chi connectivity index (χ0n) is 8.05.